The van der Waals surface area contributed by atoms with Crippen molar-refractivity contribution in [2.75, 3.05) is 6.61 Å². The number of rotatable bonds is 4. The second-order valence-corrected chi connectivity index (χ2v) is 3.83. The van der Waals surface area contributed by atoms with E-state index in [9.17, 15) is 0 Å². The number of hydrogen-bond acceptors (Lipinski definition) is 1. The maximum absolute atomic E-state index is 5.21. The summed E-state index contributed by atoms with van der Waals surface area (Å²) >= 11 is 0. The minimum Gasteiger partial charge on any atom is -0.428 e. The van der Waals surface area contributed by atoms with Crippen LogP contribution in [0.25, 0.3) is 0 Å². The van der Waals surface area contributed by atoms with E-state index < -0.39 is 0 Å². The number of benzene rings is 1. The van der Waals surface area contributed by atoms with Crippen LogP contribution in [0.15, 0.2) is 30.3 Å². The van der Waals surface area contributed by atoms with Crippen LogP contribution in [0.3, 0.4) is 0 Å². The molecular formula is C10H16OSi. The quantitative estimate of drug-likeness (QED) is 0.632. The third kappa shape index (κ3) is 3.20. The minimum absolute atomic E-state index is 0.643. The van der Waals surface area contributed by atoms with Crippen molar-refractivity contribution in [1.29, 1.82) is 0 Å². The van der Waals surface area contributed by atoms with Crippen molar-refractivity contribution >= 4 is 10.5 Å². The molecule has 0 aliphatic carbocycles. The summed E-state index contributed by atoms with van der Waals surface area (Å²) in [7, 11) is 0.854. The van der Waals surface area contributed by atoms with Gasteiger partial charge in [0.05, 0.1) is 0 Å². The predicted octanol–water partition coefficient (Wildman–Crippen LogP) is 1.16. The molecule has 1 unspecified atom stereocenters. The molecule has 1 rings (SSSR count). The van der Waals surface area contributed by atoms with E-state index in [2.05, 4.69) is 37.3 Å². The second-order valence-electron chi connectivity index (χ2n) is 3.25. The number of hydrogen-bond donors (Lipinski definition) is 0. The summed E-state index contributed by atoms with van der Waals surface area (Å²) in [5.74, 6) is 0.643. The van der Waals surface area contributed by atoms with Gasteiger partial charge in [-0.05, 0) is 17.9 Å². The van der Waals surface area contributed by atoms with E-state index in [4.69, 9.17) is 4.43 Å². The first-order valence-electron chi connectivity index (χ1n) is 4.36. The van der Waals surface area contributed by atoms with Gasteiger partial charge in [-0.2, -0.15) is 0 Å². The predicted molar refractivity (Wildman–Crippen MR) is 55.2 cm³/mol. The molecule has 0 heterocycles. The minimum atomic E-state index is 0.643. The van der Waals surface area contributed by atoms with Gasteiger partial charge in [-0.1, -0.05) is 37.3 Å². The van der Waals surface area contributed by atoms with Crippen molar-refractivity contribution in [1.82, 2.24) is 0 Å². The van der Waals surface area contributed by atoms with Crippen LogP contribution in [-0.4, -0.2) is 17.1 Å². The molecule has 66 valence electrons. The van der Waals surface area contributed by atoms with Crippen LogP contribution in [0, 0.1) is 5.92 Å². The highest BCUT2D eigenvalue weighted by Gasteiger charge is 2.01. The van der Waals surface area contributed by atoms with Gasteiger partial charge >= 0.3 is 0 Å². The average molecular weight is 180 g/mol. The third-order valence-corrected chi connectivity index (χ3v) is 2.21. The highest BCUT2D eigenvalue weighted by Crippen LogP contribution is 2.07. The fourth-order valence-corrected chi connectivity index (χ4v) is 1.93. The standard InChI is InChI=1S/C10H16OSi/c1-9(8-11-12)7-10-5-3-2-4-6-10/h2-6,9H,7-8H2,1,12H3. The Morgan fingerprint density at radius 3 is 2.58 bits per heavy atom. The Labute approximate surface area is 77.3 Å². The topological polar surface area (TPSA) is 9.23 Å². The van der Waals surface area contributed by atoms with Gasteiger partial charge in [-0.15, -0.1) is 0 Å². The van der Waals surface area contributed by atoms with Crippen LogP contribution < -0.4 is 0 Å². The summed E-state index contributed by atoms with van der Waals surface area (Å²) in [6.07, 6.45) is 1.13. The van der Waals surface area contributed by atoms with E-state index in [0.29, 0.717) is 5.92 Å². The molecule has 12 heavy (non-hydrogen) atoms. The molecule has 0 aliphatic heterocycles. The van der Waals surface area contributed by atoms with E-state index in [0.717, 1.165) is 23.5 Å². The summed E-state index contributed by atoms with van der Waals surface area (Å²) in [5, 5.41) is 0. The smallest absolute Gasteiger partial charge is 0.145 e. The molecule has 0 aromatic heterocycles. The molecule has 0 saturated carbocycles. The average Bonchev–Trinajstić information content (AvgIpc) is 2.06. The maximum Gasteiger partial charge on any atom is 0.145 e. The summed E-state index contributed by atoms with van der Waals surface area (Å²) < 4.78 is 5.21. The van der Waals surface area contributed by atoms with Crippen LogP contribution in [0.5, 0.6) is 0 Å². The van der Waals surface area contributed by atoms with Crippen molar-refractivity contribution in [3.8, 4) is 0 Å². The van der Waals surface area contributed by atoms with Crippen LogP contribution in [0.2, 0.25) is 0 Å². The molecular weight excluding hydrogens is 164 g/mol. The summed E-state index contributed by atoms with van der Waals surface area (Å²) in [6.45, 7) is 3.13. The second kappa shape index (κ2) is 5.12. The first-order valence-corrected chi connectivity index (χ1v) is 5.17. The molecule has 1 aromatic carbocycles. The molecule has 0 radical (unpaired) electrons. The zero-order chi connectivity index (χ0) is 8.81. The van der Waals surface area contributed by atoms with Crippen LogP contribution >= 0.6 is 0 Å². The molecule has 2 heteroatoms. The zero-order valence-corrected chi connectivity index (χ0v) is 9.79. The monoisotopic (exact) mass is 180 g/mol. The molecule has 0 aliphatic rings. The van der Waals surface area contributed by atoms with Crippen molar-refractivity contribution in [3.63, 3.8) is 0 Å². The van der Waals surface area contributed by atoms with Crippen LogP contribution in [0.1, 0.15) is 12.5 Å². The van der Waals surface area contributed by atoms with Gasteiger partial charge in [0.2, 0.25) is 0 Å². The van der Waals surface area contributed by atoms with Gasteiger partial charge in [0.15, 0.2) is 0 Å². The molecule has 0 amide bonds. The lowest BCUT2D eigenvalue weighted by molar-refractivity contribution is 0.282. The Morgan fingerprint density at radius 2 is 2.00 bits per heavy atom. The van der Waals surface area contributed by atoms with E-state index in [1.54, 1.807) is 0 Å². The Balaban J connectivity index is 2.41. The van der Waals surface area contributed by atoms with Crippen molar-refractivity contribution in [3.05, 3.63) is 35.9 Å². The van der Waals surface area contributed by atoms with Crippen LogP contribution in [0.4, 0.5) is 0 Å². The largest absolute Gasteiger partial charge is 0.428 e. The first-order chi connectivity index (χ1) is 5.83. The third-order valence-electron chi connectivity index (χ3n) is 1.88. The maximum atomic E-state index is 5.21. The zero-order valence-electron chi connectivity index (χ0n) is 7.79. The molecule has 0 N–H and O–H groups in total. The SMILES string of the molecule is CC(CO[SiH3])Cc1ccccc1. The molecule has 1 aromatic rings. The first kappa shape index (κ1) is 9.48. The fraction of sp³-hybridized carbons (Fsp3) is 0.400. The van der Waals surface area contributed by atoms with E-state index in [1.807, 2.05) is 0 Å². The lowest BCUT2D eigenvalue weighted by Crippen LogP contribution is -2.07. The van der Waals surface area contributed by atoms with Gasteiger partial charge in [0.1, 0.15) is 10.5 Å². The fourth-order valence-electron chi connectivity index (χ4n) is 1.36. The van der Waals surface area contributed by atoms with Gasteiger partial charge < -0.3 is 4.43 Å². The Hall–Kier alpha value is -0.603. The molecule has 1 nitrogen and oxygen atoms in total. The molecule has 0 fully saturated rings. The van der Waals surface area contributed by atoms with Gasteiger partial charge in [-0.25, -0.2) is 0 Å². The van der Waals surface area contributed by atoms with Crippen molar-refractivity contribution in [2.24, 2.45) is 5.92 Å². The lowest BCUT2D eigenvalue weighted by atomic mass is 10.0. The highest BCUT2D eigenvalue weighted by atomic mass is 28.2. The normalized spacial score (nSPS) is 13.1. The van der Waals surface area contributed by atoms with E-state index in [-0.39, 0.29) is 0 Å². The Morgan fingerprint density at radius 1 is 1.33 bits per heavy atom. The molecule has 0 saturated heterocycles. The van der Waals surface area contributed by atoms with Gasteiger partial charge in [0.25, 0.3) is 0 Å². The van der Waals surface area contributed by atoms with E-state index in [1.165, 1.54) is 5.56 Å². The Kier molecular flexibility index (Phi) is 4.04. The van der Waals surface area contributed by atoms with Gasteiger partial charge in [-0.3, -0.25) is 0 Å². The Bertz CT molecular complexity index is 210. The van der Waals surface area contributed by atoms with Crippen LogP contribution in [-0.2, 0) is 10.8 Å². The summed E-state index contributed by atoms with van der Waals surface area (Å²) in [6, 6.07) is 10.6. The summed E-state index contributed by atoms with van der Waals surface area (Å²) in [4.78, 5) is 0. The summed E-state index contributed by atoms with van der Waals surface area (Å²) in [5.41, 5.74) is 1.41. The van der Waals surface area contributed by atoms with Crippen molar-refractivity contribution in [2.45, 2.75) is 13.3 Å². The lowest BCUT2D eigenvalue weighted by Gasteiger charge is -2.09. The highest BCUT2D eigenvalue weighted by molar-refractivity contribution is 5.97. The van der Waals surface area contributed by atoms with Gasteiger partial charge in [0, 0.05) is 6.61 Å². The molecule has 0 spiro atoms. The van der Waals surface area contributed by atoms with E-state index >= 15 is 0 Å². The molecule has 1 atom stereocenters. The van der Waals surface area contributed by atoms with Crippen molar-refractivity contribution < 1.29 is 4.43 Å². The molecule has 0 bridgehead atoms.